The molecule has 2 aromatic heterocycles. The van der Waals surface area contributed by atoms with Gasteiger partial charge >= 0.3 is 0 Å². The molecule has 0 fully saturated rings. The van der Waals surface area contributed by atoms with Crippen molar-refractivity contribution in [2.24, 2.45) is 0 Å². The van der Waals surface area contributed by atoms with Crippen molar-refractivity contribution in [2.75, 3.05) is 4.72 Å². The van der Waals surface area contributed by atoms with E-state index in [0.29, 0.717) is 28.3 Å². The lowest BCUT2D eigenvalue weighted by molar-refractivity contribution is 0.433. The van der Waals surface area contributed by atoms with Crippen molar-refractivity contribution < 1.29 is 21.9 Å². The second-order valence-electron chi connectivity index (χ2n) is 6.04. The Morgan fingerprint density at radius 3 is 2.48 bits per heavy atom. The number of ether oxygens (including phenoxy) is 1. The molecule has 4 rings (SSSR count). The molecular weight excluding hydrogens is 470 g/mol. The molecule has 0 aliphatic heterocycles. The molecule has 158 valence electrons. The van der Waals surface area contributed by atoms with Gasteiger partial charge in [-0.3, -0.25) is 9.71 Å². The van der Waals surface area contributed by atoms with Crippen molar-refractivity contribution in [1.29, 1.82) is 0 Å². The van der Waals surface area contributed by atoms with Crippen LogP contribution in [0.15, 0.2) is 66.1 Å². The smallest absolute Gasteiger partial charge is 0.266 e. The summed E-state index contributed by atoms with van der Waals surface area (Å²) in [5, 5.41) is 0.332. The molecule has 0 aliphatic rings. The van der Waals surface area contributed by atoms with E-state index in [0.717, 1.165) is 17.9 Å². The highest BCUT2D eigenvalue weighted by molar-refractivity contribution is 7.93. The number of pyridine rings is 1. The number of hydrogen-bond donors (Lipinski definition) is 1. The second-order valence-corrected chi connectivity index (χ2v) is 8.91. The van der Waals surface area contributed by atoms with Crippen molar-refractivity contribution in [1.82, 2.24) is 14.3 Å². The number of anilines is 1. The van der Waals surface area contributed by atoms with E-state index in [1.165, 1.54) is 12.1 Å². The number of halogens is 3. The fourth-order valence-electron chi connectivity index (χ4n) is 2.65. The lowest BCUT2D eigenvalue weighted by Crippen LogP contribution is -2.15. The van der Waals surface area contributed by atoms with Gasteiger partial charge in [0.25, 0.3) is 10.0 Å². The third-order valence-corrected chi connectivity index (χ3v) is 6.31. The molecule has 7 nitrogen and oxygen atoms in total. The summed E-state index contributed by atoms with van der Waals surface area (Å²) in [7, 11) is -4.42. The van der Waals surface area contributed by atoms with Gasteiger partial charge < -0.3 is 4.74 Å². The van der Waals surface area contributed by atoms with E-state index in [9.17, 15) is 17.2 Å². The van der Waals surface area contributed by atoms with Crippen molar-refractivity contribution in [3.8, 4) is 22.6 Å². The summed E-state index contributed by atoms with van der Waals surface area (Å²) in [5.41, 5.74) is 1.21. The molecule has 0 saturated heterocycles. The molecule has 0 saturated carbocycles. The Balaban J connectivity index is 1.69. The highest BCUT2D eigenvalue weighted by Gasteiger charge is 2.24. The standard InChI is InChI=1S/C19H11ClF2N4O3S2/c20-12-1-2-16(13(7-12)11-3-5-23-6-4-11)29-17-8-15(22)18(9-14(17)21)31(27,28)26-19-24-10-25-30-19/h1-10H,(H,24,25,26). The second kappa shape index (κ2) is 8.53. The van der Waals surface area contributed by atoms with Crippen LogP contribution in [-0.2, 0) is 10.0 Å². The molecule has 0 radical (unpaired) electrons. The van der Waals surface area contributed by atoms with E-state index >= 15 is 0 Å². The minimum absolute atomic E-state index is 0.0803. The lowest BCUT2D eigenvalue weighted by Gasteiger charge is -2.14. The zero-order chi connectivity index (χ0) is 22.0. The molecule has 0 aliphatic carbocycles. The molecule has 2 heterocycles. The molecule has 0 bridgehead atoms. The van der Waals surface area contributed by atoms with Gasteiger partial charge in [0.1, 0.15) is 22.8 Å². The molecule has 0 unspecified atom stereocenters. The lowest BCUT2D eigenvalue weighted by atomic mass is 10.1. The molecular formula is C19H11ClF2N4O3S2. The number of nitrogens with one attached hydrogen (secondary N) is 1. The molecule has 4 aromatic rings. The van der Waals surface area contributed by atoms with Gasteiger partial charge in [0.15, 0.2) is 11.6 Å². The zero-order valence-electron chi connectivity index (χ0n) is 15.3. The van der Waals surface area contributed by atoms with Crippen LogP contribution in [0.25, 0.3) is 11.1 Å². The van der Waals surface area contributed by atoms with Crippen LogP contribution in [0.4, 0.5) is 13.9 Å². The van der Waals surface area contributed by atoms with Crippen molar-refractivity contribution in [3.05, 3.63) is 77.8 Å². The van der Waals surface area contributed by atoms with E-state index in [4.69, 9.17) is 16.3 Å². The Labute approximate surface area is 184 Å². The average Bonchev–Trinajstić information content (AvgIpc) is 3.24. The van der Waals surface area contributed by atoms with Gasteiger partial charge in [0.05, 0.1) is 0 Å². The summed E-state index contributed by atoms with van der Waals surface area (Å²) >= 11 is 6.82. The van der Waals surface area contributed by atoms with Crippen LogP contribution in [0.5, 0.6) is 11.5 Å². The summed E-state index contributed by atoms with van der Waals surface area (Å²) in [6, 6.07) is 9.22. The first-order chi connectivity index (χ1) is 14.8. The Morgan fingerprint density at radius 1 is 1.00 bits per heavy atom. The van der Waals surface area contributed by atoms with Crippen LogP contribution < -0.4 is 9.46 Å². The quantitative estimate of drug-likeness (QED) is 0.411. The minimum atomic E-state index is -4.42. The monoisotopic (exact) mass is 480 g/mol. The number of sulfonamides is 1. The Hall–Kier alpha value is -3.15. The Morgan fingerprint density at radius 2 is 1.77 bits per heavy atom. The van der Waals surface area contributed by atoms with Gasteiger partial charge in [0.2, 0.25) is 5.13 Å². The maximum atomic E-state index is 14.7. The molecule has 31 heavy (non-hydrogen) atoms. The van der Waals surface area contributed by atoms with E-state index in [-0.39, 0.29) is 10.9 Å². The molecule has 0 amide bonds. The van der Waals surface area contributed by atoms with Gasteiger partial charge in [0, 0.05) is 46.6 Å². The van der Waals surface area contributed by atoms with Crippen LogP contribution >= 0.6 is 23.1 Å². The molecule has 1 N–H and O–H groups in total. The first-order valence-electron chi connectivity index (χ1n) is 8.50. The predicted octanol–water partition coefficient (Wildman–Crippen LogP) is 5.12. The summed E-state index contributed by atoms with van der Waals surface area (Å²) in [5.74, 6) is -2.58. The van der Waals surface area contributed by atoms with Gasteiger partial charge in [-0.1, -0.05) is 11.6 Å². The minimum Gasteiger partial charge on any atom is -0.454 e. The number of benzene rings is 2. The van der Waals surface area contributed by atoms with Crippen LogP contribution in [0, 0.1) is 11.6 Å². The van der Waals surface area contributed by atoms with Crippen molar-refractivity contribution in [3.63, 3.8) is 0 Å². The summed E-state index contributed by atoms with van der Waals surface area (Å²) in [4.78, 5) is 6.71. The number of hydrogen-bond acceptors (Lipinski definition) is 7. The van der Waals surface area contributed by atoms with Gasteiger partial charge in [-0.2, -0.15) is 4.37 Å². The SMILES string of the molecule is O=S(=O)(Nc1ncns1)c1cc(F)c(Oc2ccc(Cl)cc2-c2ccncc2)cc1F. The Bertz CT molecular complexity index is 1340. The van der Waals surface area contributed by atoms with Crippen LogP contribution in [0.1, 0.15) is 0 Å². The average molecular weight is 481 g/mol. The van der Waals surface area contributed by atoms with E-state index < -0.39 is 32.3 Å². The van der Waals surface area contributed by atoms with Crippen LogP contribution in [-0.4, -0.2) is 22.8 Å². The highest BCUT2D eigenvalue weighted by Crippen LogP contribution is 2.37. The first-order valence-corrected chi connectivity index (χ1v) is 11.1. The van der Waals surface area contributed by atoms with Crippen LogP contribution in [0.2, 0.25) is 5.02 Å². The number of rotatable bonds is 6. The fourth-order valence-corrected chi connectivity index (χ4v) is 4.55. The summed E-state index contributed by atoms with van der Waals surface area (Å²) in [6.07, 6.45) is 4.25. The normalized spacial score (nSPS) is 11.3. The number of nitrogens with zero attached hydrogens (tertiary/aromatic N) is 3. The maximum Gasteiger partial charge on any atom is 0.266 e. The Kier molecular flexibility index (Phi) is 5.81. The molecule has 2 aromatic carbocycles. The van der Waals surface area contributed by atoms with Crippen molar-refractivity contribution >= 4 is 38.3 Å². The largest absolute Gasteiger partial charge is 0.454 e. The van der Waals surface area contributed by atoms with Crippen molar-refractivity contribution in [2.45, 2.75) is 4.90 Å². The van der Waals surface area contributed by atoms with E-state index in [2.05, 4.69) is 14.3 Å². The summed E-state index contributed by atoms with van der Waals surface area (Å²) < 4.78 is 65.3. The maximum absolute atomic E-state index is 14.7. The van der Waals surface area contributed by atoms with Gasteiger partial charge in [-0.25, -0.2) is 22.2 Å². The van der Waals surface area contributed by atoms with Gasteiger partial charge in [-0.05, 0) is 35.9 Å². The first kappa shape index (κ1) is 21.1. The topological polar surface area (TPSA) is 94.1 Å². The fraction of sp³-hybridized carbons (Fsp3) is 0. The highest BCUT2D eigenvalue weighted by atomic mass is 35.5. The van der Waals surface area contributed by atoms with Gasteiger partial charge in [-0.15, -0.1) is 0 Å². The van der Waals surface area contributed by atoms with E-state index in [1.807, 2.05) is 4.72 Å². The third kappa shape index (κ3) is 4.63. The summed E-state index contributed by atoms with van der Waals surface area (Å²) in [6.45, 7) is 0. The molecule has 0 atom stereocenters. The predicted molar refractivity (Wildman–Crippen MR) is 112 cm³/mol. The zero-order valence-corrected chi connectivity index (χ0v) is 17.7. The third-order valence-electron chi connectivity index (χ3n) is 4.01. The van der Waals surface area contributed by atoms with Crippen LogP contribution in [0.3, 0.4) is 0 Å². The number of aromatic nitrogens is 3. The molecule has 12 heteroatoms. The molecule has 0 spiro atoms. The van der Waals surface area contributed by atoms with E-state index in [1.54, 1.807) is 30.6 Å².